The van der Waals surface area contributed by atoms with Gasteiger partial charge in [-0.1, -0.05) is 36.4 Å². The average Bonchev–Trinajstić information content (AvgIpc) is 2.02. The Balaban J connectivity index is 3.10. The van der Waals surface area contributed by atoms with Gasteiger partial charge in [0.25, 0.3) is 0 Å². The van der Waals surface area contributed by atoms with Crippen molar-refractivity contribution in [1.29, 1.82) is 0 Å². The fraction of sp³-hybridized carbons (Fsp3) is 0.111. The summed E-state index contributed by atoms with van der Waals surface area (Å²) in [4.78, 5) is 0. The minimum Gasteiger partial charge on any atom is -0.166 e. The molecule has 0 spiro atoms. The Kier molecular flexibility index (Phi) is 2.66. The molecule has 0 N–H and O–H groups in total. The van der Waals surface area contributed by atoms with E-state index in [1.54, 1.807) is 6.07 Å². The van der Waals surface area contributed by atoms with Crippen molar-refractivity contribution in [3.05, 3.63) is 41.4 Å². The van der Waals surface area contributed by atoms with Crippen molar-refractivity contribution in [1.82, 2.24) is 0 Å². The molecule has 0 aliphatic carbocycles. The lowest BCUT2D eigenvalue weighted by molar-refractivity contribution is -0.0686. The van der Waals surface area contributed by atoms with Gasteiger partial charge in [0, 0.05) is 10.6 Å². The second-order valence-electron chi connectivity index (χ2n) is 2.46. The molecule has 0 aliphatic rings. The van der Waals surface area contributed by atoms with E-state index in [9.17, 15) is 13.2 Å². The largest absolute Gasteiger partial charge is 0.416 e. The average molecular weight is 207 g/mol. The molecule has 0 unspecified atom stereocenters. The van der Waals surface area contributed by atoms with Gasteiger partial charge in [0.2, 0.25) is 0 Å². The molecule has 0 bridgehead atoms. The number of alkyl halides is 3. The third-order valence-corrected chi connectivity index (χ3v) is 1.87. The van der Waals surface area contributed by atoms with E-state index in [1.165, 1.54) is 18.2 Å². The van der Waals surface area contributed by atoms with Gasteiger partial charge in [0.15, 0.2) is 0 Å². The van der Waals surface area contributed by atoms with E-state index >= 15 is 0 Å². The van der Waals surface area contributed by atoms with Crippen LogP contribution < -0.4 is 0 Å². The van der Waals surface area contributed by atoms with Crippen LogP contribution in [0.2, 0.25) is 5.02 Å². The zero-order valence-corrected chi connectivity index (χ0v) is 7.28. The van der Waals surface area contributed by atoms with E-state index in [1.807, 2.05) is 0 Å². The highest BCUT2D eigenvalue weighted by Gasteiger charge is 2.33. The molecule has 1 aromatic rings. The summed E-state index contributed by atoms with van der Waals surface area (Å²) in [6.07, 6.45) is -4.43. The molecule has 1 aromatic carbocycles. The molecule has 0 amide bonds. The smallest absolute Gasteiger partial charge is 0.166 e. The van der Waals surface area contributed by atoms with Gasteiger partial charge in [-0.25, -0.2) is 0 Å². The highest BCUT2D eigenvalue weighted by Crippen LogP contribution is 2.35. The second kappa shape index (κ2) is 3.42. The van der Waals surface area contributed by atoms with Crippen LogP contribution in [0.4, 0.5) is 13.2 Å². The highest BCUT2D eigenvalue weighted by molar-refractivity contribution is 6.32. The lowest BCUT2D eigenvalue weighted by atomic mass is 10.1. The van der Waals surface area contributed by atoms with Gasteiger partial charge in [-0.15, -0.1) is 0 Å². The molecule has 0 aromatic heterocycles. The summed E-state index contributed by atoms with van der Waals surface area (Å²) < 4.78 is 36.5. The van der Waals surface area contributed by atoms with Crippen molar-refractivity contribution >= 4 is 17.2 Å². The standard InChI is InChI=1S/C9H6ClF3/c1-6(9(11,12)13)7-4-2-3-5-8(7)10/h2-5H,1H2. The maximum absolute atomic E-state index is 12.2. The third-order valence-electron chi connectivity index (χ3n) is 1.54. The quantitative estimate of drug-likeness (QED) is 0.654. The first-order valence-corrected chi connectivity index (χ1v) is 3.81. The van der Waals surface area contributed by atoms with E-state index in [-0.39, 0.29) is 10.6 Å². The molecule has 70 valence electrons. The molecule has 13 heavy (non-hydrogen) atoms. The minimum absolute atomic E-state index is 0.0600. The maximum atomic E-state index is 12.2. The van der Waals surface area contributed by atoms with Crippen LogP contribution in [0.25, 0.3) is 5.57 Å². The number of hydrogen-bond donors (Lipinski definition) is 0. The molecule has 0 nitrogen and oxygen atoms in total. The SMILES string of the molecule is C=C(c1ccccc1Cl)C(F)(F)F. The molecular formula is C9H6ClF3. The molecule has 0 aliphatic heterocycles. The fourth-order valence-electron chi connectivity index (χ4n) is 0.859. The molecule has 0 heterocycles. The number of halogens is 4. The van der Waals surface area contributed by atoms with Crippen LogP contribution in [0.15, 0.2) is 30.8 Å². The van der Waals surface area contributed by atoms with Crippen molar-refractivity contribution in [2.45, 2.75) is 6.18 Å². The molecule has 0 radical (unpaired) electrons. The van der Waals surface area contributed by atoms with E-state index in [4.69, 9.17) is 11.6 Å². The van der Waals surface area contributed by atoms with Crippen molar-refractivity contribution < 1.29 is 13.2 Å². The van der Waals surface area contributed by atoms with Crippen molar-refractivity contribution in [3.8, 4) is 0 Å². The van der Waals surface area contributed by atoms with Gasteiger partial charge in [0.05, 0.1) is 5.57 Å². The monoisotopic (exact) mass is 206 g/mol. The van der Waals surface area contributed by atoms with E-state index in [2.05, 4.69) is 6.58 Å². The Hall–Kier alpha value is -0.960. The van der Waals surface area contributed by atoms with Gasteiger partial charge in [-0.05, 0) is 6.07 Å². The summed E-state index contributed by atoms with van der Waals surface area (Å²) in [7, 11) is 0. The lowest BCUT2D eigenvalue weighted by Gasteiger charge is -2.10. The molecule has 0 saturated carbocycles. The molecular weight excluding hydrogens is 201 g/mol. The Morgan fingerprint density at radius 1 is 1.23 bits per heavy atom. The predicted molar refractivity (Wildman–Crippen MR) is 46.5 cm³/mol. The Morgan fingerprint density at radius 3 is 2.23 bits per heavy atom. The van der Waals surface area contributed by atoms with Crippen molar-refractivity contribution in [2.24, 2.45) is 0 Å². The zero-order valence-electron chi connectivity index (χ0n) is 6.53. The topological polar surface area (TPSA) is 0 Å². The normalized spacial score (nSPS) is 11.4. The first-order valence-electron chi connectivity index (χ1n) is 3.44. The van der Waals surface area contributed by atoms with Crippen LogP contribution in [-0.2, 0) is 0 Å². The summed E-state index contributed by atoms with van der Waals surface area (Å²) >= 11 is 5.56. The molecule has 0 fully saturated rings. The number of benzene rings is 1. The van der Waals surface area contributed by atoms with Crippen LogP contribution in [-0.4, -0.2) is 6.18 Å². The van der Waals surface area contributed by atoms with Gasteiger partial charge < -0.3 is 0 Å². The summed E-state index contributed by atoms with van der Waals surface area (Å²) in [5, 5.41) is 0.0600. The van der Waals surface area contributed by atoms with Crippen LogP contribution in [0.3, 0.4) is 0 Å². The maximum Gasteiger partial charge on any atom is 0.416 e. The van der Waals surface area contributed by atoms with Crippen molar-refractivity contribution in [3.63, 3.8) is 0 Å². The van der Waals surface area contributed by atoms with E-state index < -0.39 is 11.7 Å². The Bertz CT molecular complexity index is 328. The molecule has 0 saturated heterocycles. The minimum atomic E-state index is -4.43. The summed E-state index contributed by atoms with van der Waals surface area (Å²) in [5.41, 5.74) is -0.991. The number of rotatable bonds is 1. The predicted octanol–water partition coefficient (Wildman–Crippen LogP) is 3.92. The third kappa shape index (κ3) is 2.25. The Labute approximate surface area is 78.6 Å². The Morgan fingerprint density at radius 2 is 1.77 bits per heavy atom. The first kappa shape index (κ1) is 10.1. The zero-order chi connectivity index (χ0) is 10.1. The number of hydrogen-bond acceptors (Lipinski definition) is 0. The molecule has 0 atom stereocenters. The van der Waals surface area contributed by atoms with Crippen LogP contribution in [0.5, 0.6) is 0 Å². The molecule has 1 rings (SSSR count). The second-order valence-corrected chi connectivity index (χ2v) is 2.86. The van der Waals surface area contributed by atoms with Gasteiger partial charge in [-0.2, -0.15) is 13.2 Å². The van der Waals surface area contributed by atoms with Crippen LogP contribution >= 0.6 is 11.6 Å². The van der Waals surface area contributed by atoms with Crippen LogP contribution in [0, 0.1) is 0 Å². The fourth-order valence-corrected chi connectivity index (χ4v) is 1.11. The van der Waals surface area contributed by atoms with E-state index in [0.717, 1.165) is 0 Å². The van der Waals surface area contributed by atoms with Crippen LogP contribution in [0.1, 0.15) is 5.56 Å². The first-order chi connectivity index (χ1) is 5.93. The van der Waals surface area contributed by atoms with Crippen molar-refractivity contribution in [2.75, 3.05) is 0 Å². The summed E-state index contributed by atoms with van der Waals surface area (Å²) in [6, 6.07) is 5.74. The lowest BCUT2D eigenvalue weighted by Crippen LogP contribution is -2.09. The molecule has 4 heteroatoms. The summed E-state index contributed by atoms with van der Waals surface area (Å²) in [6.45, 7) is 2.95. The highest BCUT2D eigenvalue weighted by atomic mass is 35.5. The van der Waals surface area contributed by atoms with Gasteiger partial charge >= 0.3 is 6.18 Å². The van der Waals surface area contributed by atoms with E-state index in [0.29, 0.717) is 0 Å². The summed E-state index contributed by atoms with van der Waals surface area (Å²) in [5.74, 6) is 0. The van der Waals surface area contributed by atoms with Gasteiger partial charge in [-0.3, -0.25) is 0 Å². The van der Waals surface area contributed by atoms with Gasteiger partial charge in [0.1, 0.15) is 0 Å². The number of allylic oxidation sites excluding steroid dienone is 1.